The highest BCUT2D eigenvalue weighted by Gasteiger charge is 2.54. The fourth-order valence-corrected chi connectivity index (χ4v) is 6.24. The largest absolute Gasteiger partial charge is 0.376 e. The van der Waals surface area contributed by atoms with Crippen LogP contribution in [0.5, 0.6) is 0 Å². The van der Waals surface area contributed by atoms with E-state index >= 15 is 0 Å². The van der Waals surface area contributed by atoms with E-state index < -0.39 is 5.72 Å². The van der Waals surface area contributed by atoms with Crippen LogP contribution in [0.1, 0.15) is 60.0 Å². The number of rotatable bonds is 5. The zero-order chi connectivity index (χ0) is 22.3. The molecule has 0 radical (unpaired) electrons. The summed E-state index contributed by atoms with van der Waals surface area (Å²) in [6, 6.07) is 19.6. The molecule has 3 aromatic rings. The maximum Gasteiger partial charge on any atom is 0.120 e. The van der Waals surface area contributed by atoms with Gasteiger partial charge < -0.3 is 10.8 Å². The minimum atomic E-state index is -0.972. The minimum Gasteiger partial charge on any atom is -0.376 e. The van der Waals surface area contributed by atoms with E-state index in [1.165, 1.54) is 0 Å². The van der Waals surface area contributed by atoms with Crippen LogP contribution in [0, 0.1) is 0 Å². The molecule has 166 valence electrons. The third-order valence-electron chi connectivity index (χ3n) is 7.09. The predicted molar refractivity (Wildman–Crippen MR) is 129 cm³/mol. The first-order valence-corrected chi connectivity index (χ1v) is 11.9. The topological polar surface area (TPSA) is 62.4 Å². The van der Waals surface area contributed by atoms with Gasteiger partial charge in [0.25, 0.3) is 0 Å². The van der Waals surface area contributed by atoms with Crippen molar-refractivity contribution in [2.75, 3.05) is 0 Å². The normalized spacial score (nSPS) is 25.4. The van der Waals surface area contributed by atoms with Crippen LogP contribution in [0.2, 0.25) is 10.0 Å². The number of halogens is 2. The Kier molecular flexibility index (Phi) is 5.99. The summed E-state index contributed by atoms with van der Waals surface area (Å²) in [6.45, 7) is 0.453. The maximum absolute atomic E-state index is 12.0. The van der Waals surface area contributed by atoms with E-state index in [1.54, 1.807) is 0 Å². The van der Waals surface area contributed by atoms with Crippen LogP contribution in [0.3, 0.4) is 0 Å². The van der Waals surface area contributed by atoms with Crippen LogP contribution in [-0.2, 0) is 6.54 Å². The fraction of sp³-hybridized carbons (Fsp3) is 0.346. The SMILES string of the molecule is NCc1cccnc1C1CC2CCC(O)(C1)N2C(c1ccccc1Cl)c1ccccc1Cl. The second-order valence-corrected chi connectivity index (χ2v) is 9.73. The molecule has 0 saturated carbocycles. The summed E-state index contributed by atoms with van der Waals surface area (Å²) in [4.78, 5) is 6.92. The number of benzene rings is 2. The Morgan fingerprint density at radius 3 is 2.28 bits per heavy atom. The highest BCUT2D eigenvalue weighted by atomic mass is 35.5. The molecule has 2 aromatic carbocycles. The van der Waals surface area contributed by atoms with Crippen molar-refractivity contribution in [3.63, 3.8) is 0 Å². The van der Waals surface area contributed by atoms with Crippen LogP contribution in [0.25, 0.3) is 0 Å². The molecule has 3 unspecified atom stereocenters. The summed E-state index contributed by atoms with van der Waals surface area (Å²) in [6.07, 6.45) is 4.98. The molecule has 2 bridgehead atoms. The lowest BCUT2D eigenvalue weighted by Crippen LogP contribution is -2.54. The molecule has 2 fully saturated rings. The maximum atomic E-state index is 12.0. The summed E-state index contributed by atoms with van der Waals surface area (Å²) in [5.41, 5.74) is 9.03. The lowest BCUT2D eigenvalue weighted by Gasteiger charge is -2.49. The van der Waals surface area contributed by atoms with E-state index in [0.717, 1.165) is 35.2 Å². The number of aromatic nitrogens is 1. The number of nitrogens with zero attached hydrogens (tertiary/aromatic N) is 2. The summed E-state index contributed by atoms with van der Waals surface area (Å²) in [5.74, 6) is 0.168. The third kappa shape index (κ3) is 3.74. The number of hydrogen-bond donors (Lipinski definition) is 2. The highest BCUT2D eigenvalue weighted by Crippen LogP contribution is 2.54. The number of pyridine rings is 1. The Balaban J connectivity index is 1.58. The lowest BCUT2D eigenvalue weighted by atomic mass is 9.81. The quantitative estimate of drug-likeness (QED) is 0.507. The van der Waals surface area contributed by atoms with Crippen molar-refractivity contribution in [3.05, 3.63) is 99.3 Å². The predicted octanol–water partition coefficient (Wildman–Crippen LogP) is 5.67. The molecule has 2 saturated heterocycles. The van der Waals surface area contributed by atoms with Crippen molar-refractivity contribution in [2.45, 2.75) is 56.0 Å². The third-order valence-corrected chi connectivity index (χ3v) is 7.78. The molecule has 3 heterocycles. The number of nitrogens with two attached hydrogens (primary N) is 1. The van der Waals surface area contributed by atoms with Crippen molar-refractivity contribution in [1.29, 1.82) is 0 Å². The molecule has 4 nitrogen and oxygen atoms in total. The van der Waals surface area contributed by atoms with Crippen LogP contribution >= 0.6 is 23.2 Å². The summed E-state index contributed by atoms with van der Waals surface area (Å²) < 4.78 is 0. The summed E-state index contributed by atoms with van der Waals surface area (Å²) in [5, 5.41) is 13.4. The average molecular weight is 468 g/mol. The zero-order valence-corrected chi connectivity index (χ0v) is 19.3. The lowest BCUT2D eigenvalue weighted by molar-refractivity contribution is -0.139. The van der Waals surface area contributed by atoms with Gasteiger partial charge in [-0.05, 0) is 60.6 Å². The molecule has 0 spiro atoms. The van der Waals surface area contributed by atoms with Crippen LogP contribution in [0.4, 0.5) is 0 Å². The van der Waals surface area contributed by atoms with Gasteiger partial charge in [0.1, 0.15) is 5.72 Å². The number of piperidine rings is 1. The molecule has 0 aliphatic carbocycles. The number of hydrogen-bond acceptors (Lipinski definition) is 4. The Labute approximate surface area is 199 Å². The molecule has 3 atom stereocenters. The van der Waals surface area contributed by atoms with E-state index in [9.17, 15) is 5.11 Å². The molecule has 32 heavy (non-hydrogen) atoms. The van der Waals surface area contributed by atoms with Gasteiger partial charge >= 0.3 is 0 Å². The number of fused-ring (bicyclic) bond motifs is 2. The molecular formula is C26H27Cl2N3O. The highest BCUT2D eigenvalue weighted by molar-refractivity contribution is 6.32. The van der Waals surface area contributed by atoms with Gasteiger partial charge in [-0.3, -0.25) is 9.88 Å². The smallest absolute Gasteiger partial charge is 0.120 e. The molecule has 6 heteroatoms. The molecular weight excluding hydrogens is 441 g/mol. The minimum absolute atomic E-state index is 0.168. The van der Waals surface area contributed by atoms with Gasteiger partial charge in [0.15, 0.2) is 0 Å². The summed E-state index contributed by atoms with van der Waals surface area (Å²) >= 11 is 13.4. The van der Waals surface area contributed by atoms with Gasteiger partial charge in [0, 0.05) is 40.4 Å². The van der Waals surface area contributed by atoms with Gasteiger partial charge in [0.2, 0.25) is 0 Å². The van der Waals surface area contributed by atoms with Gasteiger partial charge in [0.05, 0.1) is 6.04 Å². The monoisotopic (exact) mass is 467 g/mol. The van der Waals surface area contributed by atoms with Crippen LogP contribution in [-0.4, -0.2) is 26.8 Å². The van der Waals surface area contributed by atoms with E-state index in [0.29, 0.717) is 29.4 Å². The molecule has 0 amide bonds. The second-order valence-electron chi connectivity index (χ2n) is 8.92. The first-order valence-electron chi connectivity index (χ1n) is 11.2. The van der Waals surface area contributed by atoms with Gasteiger partial charge in [-0.15, -0.1) is 0 Å². The van der Waals surface area contributed by atoms with E-state index in [-0.39, 0.29) is 18.0 Å². The van der Waals surface area contributed by atoms with Gasteiger partial charge in [-0.2, -0.15) is 0 Å². The van der Waals surface area contributed by atoms with Crippen molar-refractivity contribution in [2.24, 2.45) is 5.73 Å². The van der Waals surface area contributed by atoms with Crippen LogP contribution < -0.4 is 5.73 Å². The molecule has 5 rings (SSSR count). The summed E-state index contributed by atoms with van der Waals surface area (Å²) in [7, 11) is 0. The fourth-order valence-electron chi connectivity index (χ4n) is 5.76. The van der Waals surface area contributed by atoms with Gasteiger partial charge in [-0.1, -0.05) is 65.7 Å². The molecule has 1 aromatic heterocycles. The van der Waals surface area contributed by atoms with E-state index in [2.05, 4.69) is 9.88 Å². The standard InChI is InChI=1S/C26H27Cl2N3O/c27-22-9-3-1-7-20(22)25(21-8-2-4-10-23(21)28)31-19-11-12-26(31,32)15-18(14-19)24-17(16-29)6-5-13-30-24/h1-10,13,18-19,25,32H,11-12,14-16,29H2. The van der Waals surface area contributed by atoms with E-state index in [4.69, 9.17) is 28.9 Å². The molecule has 2 aliphatic heterocycles. The Hall–Kier alpha value is -1.95. The van der Waals surface area contributed by atoms with Crippen LogP contribution in [0.15, 0.2) is 66.9 Å². The van der Waals surface area contributed by atoms with Crippen molar-refractivity contribution >= 4 is 23.2 Å². The Morgan fingerprint density at radius 2 is 1.69 bits per heavy atom. The molecule has 3 N–H and O–H groups in total. The molecule has 2 aliphatic rings. The Bertz CT molecular complexity index is 1080. The zero-order valence-electron chi connectivity index (χ0n) is 17.8. The van der Waals surface area contributed by atoms with E-state index in [1.807, 2.05) is 66.9 Å². The number of aliphatic hydroxyl groups is 1. The van der Waals surface area contributed by atoms with Gasteiger partial charge in [-0.25, -0.2) is 0 Å². The first kappa shape index (κ1) is 21.9. The second kappa shape index (κ2) is 8.77. The average Bonchev–Trinajstić information content (AvgIpc) is 3.00. The van der Waals surface area contributed by atoms with Crippen molar-refractivity contribution in [1.82, 2.24) is 9.88 Å². The van der Waals surface area contributed by atoms with Crippen molar-refractivity contribution in [3.8, 4) is 0 Å². The Morgan fingerprint density at radius 1 is 1.03 bits per heavy atom. The van der Waals surface area contributed by atoms with Crippen molar-refractivity contribution < 1.29 is 5.11 Å². The first-order chi connectivity index (χ1) is 15.5.